The summed E-state index contributed by atoms with van der Waals surface area (Å²) in [6.07, 6.45) is 1.29. The lowest BCUT2D eigenvalue weighted by Crippen LogP contribution is -2.48. The first-order valence-corrected chi connectivity index (χ1v) is 9.02. The zero-order valence-corrected chi connectivity index (χ0v) is 14.9. The van der Waals surface area contributed by atoms with Crippen molar-refractivity contribution in [1.82, 2.24) is 9.88 Å². The standard InChI is InChI=1S/C17H18F2N4O2S/c1-9(16(25)23-7-3-6-13(23)15(20)24)21-17-22-12(8-26-17)10-4-2-5-11(18)14(10)19/h2,4-5,8-9,13H,3,6-7H2,1H3,(H2,20,24)(H,21,22)/t9-,13-/m0/s1. The van der Waals surface area contributed by atoms with Gasteiger partial charge in [-0.25, -0.2) is 13.8 Å². The van der Waals surface area contributed by atoms with Crippen LogP contribution in [-0.4, -0.2) is 40.3 Å². The van der Waals surface area contributed by atoms with Crippen LogP contribution in [0.25, 0.3) is 11.3 Å². The number of carbonyl (C=O) groups is 2. The second kappa shape index (κ2) is 7.36. The SMILES string of the molecule is C[C@H](Nc1nc(-c2cccc(F)c2F)cs1)C(=O)N1CCC[C@H]1C(N)=O. The van der Waals surface area contributed by atoms with Crippen LogP contribution >= 0.6 is 11.3 Å². The number of halogens is 2. The van der Waals surface area contributed by atoms with Crippen LogP contribution in [0.15, 0.2) is 23.6 Å². The molecule has 1 aliphatic heterocycles. The first-order valence-electron chi connectivity index (χ1n) is 8.14. The van der Waals surface area contributed by atoms with Gasteiger partial charge in [0.05, 0.1) is 5.69 Å². The molecule has 1 aliphatic rings. The van der Waals surface area contributed by atoms with Crippen molar-refractivity contribution in [2.75, 3.05) is 11.9 Å². The lowest BCUT2D eigenvalue weighted by Gasteiger charge is -2.25. The second-order valence-corrected chi connectivity index (χ2v) is 6.96. The fraction of sp³-hybridized carbons (Fsp3) is 0.353. The van der Waals surface area contributed by atoms with Gasteiger partial charge in [-0.15, -0.1) is 11.3 Å². The molecule has 0 radical (unpaired) electrons. The van der Waals surface area contributed by atoms with Gasteiger partial charge in [-0.05, 0) is 31.9 Å². The molecule has 9 heteroatoms. The van der Waals surface area contributed by atoms with Crippen molar-refractivity contribution in [2.24, 2.45) is 5.73 Å². The number of amides is 2. The Morgan fingerprint density at radius 2 is 2.19 bits per heavy atom. The highest BCUT2D eigenvalue weighted by Crippen LogP contribution is 2.28. The van der Waals surface area contributed by atoms with Crippen LogP contribution in [0.1, 0.15) is 19.8 Å². The van der Waals surface area contributed by atoms with Gasteiger partial charge in [0.1, 0.15) is 12.1 Å². The Morgan fingerprint density at radius 1 is 1.42 bits per heavy atom. The van der Waals surface area contributed by atoms with Crippen LogP contribution in [0.3, 0.4) is 0 Å². The van der Waals surface area contributed by atoms with Crippen molar-refractivity contribution in [2.45, 2.75) is 31.8 Å². The Hall–Kier alpha value is -2.55. The van der Waals surface area contributed by atoms with Gasteiger partial charge < -0.3 is 16.0 Å². The first-order chi connectivity index (χ1) is 12.4. The summed E-state index contributed by atoms with van der Waals surface area (Å²) in [4.78, 5) is 29.7. The van der Waals surface area contributed by atoms with Crippen LogP contribution < -0.4 is 11.1 Å². The molecule has 1 fully saturated rings. The van der Waals surface area contributed by atoms with E-state index < -0.39 is 29.6 Å². The van der Waals surface area contributed by atoms with Crippen molar-refractivity contribution in [3.05, 3.63) is 35.2 Å². The Balaban J connectivity index is 1.72. The maximum atomic E-state index is 13.9. The quantitative estimate of drug-likeness (QED) is 0.834. The van der Waals surface area contributed by atoms with Gasteiger partial charge in [0.2, 0.25) is 11.8 Å². The van der Waals surface area contributed by atoms with Gasteiger partial charge in [-0.1, -0.05) is 6.07 Å². The molecule has 2 atom stereocenters. The number of nitrogens with zero attached hydrogens (tertiary/aromatic N) is 2. The van der Waals surface area contributed by atoms with Crippen molar-refractivity contribution in [3.63, 3.8) is 0 Å². The summed E-state index contributed by atoms with van der Waals surface area (Å²) in [5, 5.41) is 4.94. The summed E-state index contributed by atoms with van der Waals surface area (Å²) in [5.74, 6) is -2.67. The number of carbonyl (C=O) groups excluding carboxylic acids is 2. The summed E-state index contributed by atoms with van der Waals surface area (Å²) in [6, 6.07) is 2.67. The molecule has 2 amide bonds. The molecule has 6 nitrogen and oxygen atoms in total. The molecule has 0 bridgehead atoms. The van der Waals surface area contributed by atoms with E-state index in [9.17, 15) is 18.4 Å². The minimum atomic E-state index is -0.963. The summed E-state index contributed by atoms with van der Waals surface area (Å²) >= 11 is 1.18. The van der Waals surface area contributed by atoms with Gasteiger partial charge in [-0.3, -0.25) is 9.59 Å². The molecule has 2 heterocycles. The highest BCUT2D eigenvalue weighted by Gasteiger charge is 2.34. The molecule has 1 aromatic carbocycles. The normalized spacial score (nSPS) is 18.0. The Bertz CT molecular complexity index is 842. The molecule has 2 aromatic rings. The monoisotopic (exact) mass is 380 g/mol. The Labute approximate surface area is 153 Å². The van der Waals surface area contributed by atoms with E-state index in [2.05, 4.69) is 10.3 Å². The molecule has 1 saturated heterocycles. The number of hydrogen-bond acceptors (Lipinski definition) is 5. The number of nitrogens with two attached hydrogens (primary N) is 1. The van der Waals surface area contributed by atoms with E-state index in [-0.39, 0.29) is 17.2 Å². The molecule has 1 aromatic heterocycles. The predicted octanol–water partition coefficient (Wildman–Crippen LogP) is 2.36. The number of likely N-dealkylation sites (tertiary alicyclic amines) is 1. The number of anilines is 1. The average molecular weight is 380 g/mol. The van der Waals surface area contributed by atoms with Crippen molar-refractivity contribution >= 4 is 28.3 Å². The summed E-state index contributed by atoms with van der Waals surface area (Å²) in [5.41, 5.74) is 5.68. The molecule has 0 saturated carbocycles. The van der Waals surface area contributed by atoms with E-state index in [4.69, 9.17) is 5.73 Å². The number of nitrogens with one attached hydrogen (secondary N) is 1. The maximum absolute atomic E-state index is 13.9. The third-order valence-corrected chi connectivity index (χ3v) is 5.08. The molecular formula is C17H18F2N4O2S. The van der Waals surface area contributed by atoms with Gasteiger partial charge in [-0.2, -0.15) is 0 Å². The van der Waals surface area contributed by atoms with Crippen LogP contribution in [-0.2, 0) is 9.59 Å². The summed E-state index contributed by atoms with van der Waals surface area (Å²) < 4.78 is 27.2. The largest absolute Gasteiger partial charge is 0.368 e. The van der Waals surface area contributed by atoms with Gasteiger partial charge in [0.15, 0.2) is 16.8 Å². The lowest BCUT2D eigenvalue weighted by atomic mass is 10.1. The van der Waals surface area contributed by atoms with E-state index in [1.807, 2.05) is 0 Å². The van der Waals surface area contributed by atoms with E-state index in [0.717, 1.165) is 12.5 Å². The summed E-state index contributed by atoms with van der Waals surface area (Å²) in [6.45, 7) is 2.14. The minimum Gasteiger partial charge on any atom is -0.368 e. The van der Waals surface area contributed by atoms with Crippen LogP contribution in [0, 0.1) is 11.6 Å². The molecule has 3 rings (SSSR count). The minimum absolute atomic E-state index is 0.0571. The summed E-state index contributed by atoms with van der Waals surface area (Å²) in [7, 11) is 0. The molecule has 26 heavy (non-hydrogen) atoms. The maximum Gasteiger partial charge on any atom is 0.245 e. The third-order valence-electron chi connectivity index (χ3n) is 4.31. The Kier molecular flexibility index (Phi) is 5.17. The molecule has 0 spiro atoms. The highest BCUT2D eigenvalue weighted by atomic mass is 32.1. The van der Waals surface area contributed by atoms with E-state index >= 15 is 0 Å². The molecule has 0 aliphatic carbocycles. The number of aromatic nitrogens is 1. The van der Waals surface area contributed by atoms with Crippen molar-refractivity contribution < 1.29 is 18.4 Å². The average Bonchev–Trinajstić information content (AvgIpc) is 3.26. The fourth-order valence-electron chi connectivity index (χ4n) is 2.99. The number of primary amides is 1. The molecule has 0 unspecified atom stereocenters. The smallest absolute Gasteiger partial charge is 0.245 e. The third kappa shape index (κ3) is 3.52. The van der Waals surface area contributed by atoms with E-state index in [1.54, 1.807) is 12.3 Å². The van der Waals surface area contributed by atoms with E-state index in [1.165, 1.54) is 28.4 Å². The molecular weight excluding hydrogens is 362 g/mol. The number of benzene rings is 1. The second-order valence-electron chi connectivity index (χ2n) is 6.10. The molecule has 138 valence electrons. The zero-order valence-electron chi connectivity index (χ0n) is 14.0. The first kappa shape index (κ1) is 18.2. The number of thiazole rings is 1. The fourth-order valence-corrected chi connectivity index (χ4v) is 3.79. The van der Waals surface area contributed by atoms with Crippen LogP contribution in [0.5, 0.6) is 0 Å². The molecule has 3 N–H and O–H groups in total. The number of rotatable bonds is 5. The van der Waals surface area contributed by atoms with Gasteiger partial charge in [0, 0.05) is 17.5 Å². The van der Waals surface area contributed by atoms with Crippen molar-refractivity contribution in [1.29, 1.82) is 0 Å². The Morgan fingerprint density at radius 3 is 2.92 bits per heavy atom. The topological polar surface area (TPSA) is 88.3 Å². The lowest BCUT2D eigenvalue weighted by molar-refractivity contribution is -0.137. The predicted molar refractivity (Wildman–Crippen MR) is 94.5 cm³/mol. The van der Waals surface area contributed by atoms with Crippen LogP contribution in [0.4, 0.5) is 13.9 Å². The number of hydrogen-bond donors (Lipinski definition) is 2. The van der Waals surface area contributed by atoms with E-state index in [0.29, 0.717) is 18.1 Å². The van der Waals surface area contributed by atoms with Crippen molar-refractivity contribution in [3.8, 4) is 11.3 Å². The van der Waals surface area contributed by atoms with Gasteiger partial charge in [0.25, 0.3) is 0 Å². The van der Waals surface area contributed by atoms with Crippen LogP contribution in [0.2, 0.25) is 0 Å². The zero-order chi connectivity index (χ0) is 18.8. The van der Waals surface area contributed by atoms with Gasteiger partial charge >= 0.3 is 0 Å². The highest BCUT2D eigenvalue weighted by molar-refractivity contribution is 7.14.